The van der Waals surface area contributed by atoms with E-state index < -0.39 is 5.82 Å². The summed E-state index contributed by atoms with van der Waals surface area (Å²) in [5.74, 6) is -0.527. The number of carbonyl (C=O) groups is 1. The molecule has 2 aliphatic rings. The molecule has 108 valence electrons. The third-order valence-electron chi connectivity index (χ3n) is 4.65. The summed E-state index contributed by atoms with van der Waals surface area (Å²) in [6.07, 6.45) is 8.23. The summed E-state index contributed by atoms with van der Waals surface area (Å²) in [6.45, 7) is 0.724. The van der Waals surface area contributed by atoms with Crippen molar-refractivity contribution >= 4 is 11.7 Å². The van der Waals surface area contributed by atoms with Gasteiger partial charge >= 0.3 is 0 Å². The molecule has 2 atom stereocenters. The van der Waals surface area contributed by atoms with Gasteiger partial charge in [-0.3, -0.25) is 4.79 Å². The van der Waals surface area contributed by atoms with Gasteiger partial charge in [-0.1, -0.05) is 12.8 Å². The Kier molecular flexibility index (Phi) is 3.59. The van der Waals surface area contributed by atoms with E-state index in [1.807, 2.05) is 4.90 Å². The molecule has 3 rings (SSSR count). The summed E-state index contributed by atoms with van der Waals surface area (Å²) in [4.78, 5) is 18.2. The van der Waals surface area contributed by atoms with Gasteiger partial charge in [-0.2, -0.15) is 0 Å². The summed E-state index contributed by atoms with van der Waals surface area (Å²) >= 11 is 0. The molecule has 1 aromatic rings. The standard InChI is InChI=1S/C15H20FN3O/c16-13-11(7-8-18-14(13)17)15(20)19-9-3-5-10-4-1-2-6-12(10)19/h7-8,10,12H,1-6,9H2,(H2,17,18)/t10-,12-/m1/s1. The van der Waals surface area contributed by atoms with Gasteiger partial charge in [0.25, 0.3) is 5.91 Å². The number of hydrogen-bond acceptors (Lipinski definition) is 3. The van der Waals surface area contributed by atoms with Crippen molar-refractivity contribution in [1.29, 1.82) is 0 Å². The first-order chi connectivity index (χ1) is 9.68. The molecule has 0 spiro atoms. The summed E-state index contributed by atoms with van der Waals surface area (Å²) < 4.78 is 14.0. The molecule has 2 N–H and O–H groups in total. The number of halogens is 1. The number of piperidine rings is 1. The first-order valence-corrected chi connectivity index (χ1v) is 7.39. The van der Waals surface area contributed by atoms with E-state index in [2.05, 4.69) is 4.98 Å². The Morgan fingerprint density at radius 1 is 1.30 bits per heavy atom. The van der Waals surface area contributed by atoms with Crippen LogP contribution in [0.25, 0.3) is 0 Å². The SMILES string of the molecule is Nc1nccc(C(=O)N2CCC[C@H]3CCCC[C@H]32)c1F. The number of hydrogen-bond donors (Lipinski definition) is 1. The Bertz CT molecular complexity index is 518. The van der Waals surface area contributed by atoms with Crippen LogP contribution < -0.4 is 5.73 Å². The molecule has 5 heteroatoms. The molecule has 20 heavy (non-hydrogen) atoms. The number of nitrogen functional groups attached to an aromatic ring is 1. The monoisotopic (exact) mass is 277 g/mol. The fourth-order valence-corrected chi connectivity index (χ4v) is 3.66. The highest BCUT2D eigenvalue weighted by Crippen LogP contribution is 2.36. The normalized spacial score (nSPS) is 26.1. The van der Waals surface area contributed by atoms with Crippen LogP contribution in [0, 0.1) is 11.7 Å². The second-order valence-corrected chi connectivity index (χ2v) is 5.81. The zero-order valence-corrected chi connectivity index (χ0v) is 11.5. The molecule has 4 nitrogen and oxygen atoms in total. The van der Waals surface area contributed by atoms with Gasteiger partial charge in [0.1, 0.15) is 0 Å². The van der Waals surface area contributed by atoms with Crippen molar-refractivity contribution in [3.05, 3.63) is 23.6 Å². The topological polar surface area (TPSA) is 59.2 Å². The highest BCUT2D eigenvalue weighted by molar-refractivity contribution is 5.95. The van der Waals surface area contributed by atoms with Crippen LogP contribution in [0.5, 0.6) is 0 Å². The summed E-state index contributed by atoms with van der Waals surface area (Å²) in [7, 11) is 0. The van der Waals surface area contributed by atoms with Crippen molar-refractivity contribution < 1.29 is 9.18 Å². The smallest absolute Gasteiger partial charge is 0.257 e. The van der Waals surface area contributed by atoms with Gasteiger partial charge in [0.15, 0.2) is 11.6 Å². The first kappa shape index (κ1) is 13.3. The molecule has 0 unspecified atom stereocenters. The minimum absolute atomic E-state index is 0.0590. The van der Waals surface area contributed by atoms with E-state index >= 15 is 0 Å². The van der Waals surface area contributed by atoms with E-state index in [1.54, 1.807) is 0 Å². The number of nitrogens with two attached hydrogens (primary N) is 1. The van der Waals surface area contributed by atoms with Gasteiger partial charge in [-0.15, -0.1) is 0 Å². The number of pyridine rings is 1. The lowest BCUT2D eigenvalue weighted by atomic mass is 9.78. The average Bonchev–Trinajstić information content (AvgIpc) is 2.49. The van der Waals surface area contributed by atoms with Crippen LogP contribution in [-0.4, -0.2) is 28.4 Å². The Balaban J connectivity index is 1.87. The van der Waals surface area contributed by atoms with Crippen LogP contribution in [0.3, 0.4) is 0 Å². The predicted octanol–water partition coefficient (Wildman–Crippen LogP) is 2.60. The van der Waals surface area contributed by atoms with E-state index in [0.717, 1.165) is 25.8 Å². The summed E-state index contributed by atoms with van der Waals surface area (Å²) in [5.41, 5.74) is 5.52. The molecular formula is C15H20FN3O. The van der Waals surface area contributed by atoms with Crippen LogP contribution in [0.1, 0.15) is 48.9 Å². The lowest BCUT2D eigenvalue weighted by Gasteiger charge is -2.44. The third-order valence-corrected chi connectivity index (χ3v) is 4.65. The Hall–Kier alpha value is -1.65. The molecule has 1 aliphatic carbocycles. The van der Waals surface area contributed by atoms with Crippen molar-refractivity contribution in [2.45, 2.75) is 44.6 Å². The Labute approximate surface area is 118 Å². The Morgan fingerprint density at radius 2 is 2.05 bits per heavy atom. The number of likely N-dealkylation sites (tertiary alicyclic amines) is 1. The van der Waals surface area contributed by atoms with Crippen molar-refractivity contribution in [3.63, 3.8) is 0 Å². The van der Waals surface area contributed by atoms with E-state index in [9.17, 15) is 9.18 Å². The Morgan fingerprint density at radius 3 is 2.90 bits per heavy atom. The van der Waals surface area contributed by atoms with Gasteiger partial charge in [0, 0.05) is 18.8 Å². The maximum absolute atomic E-state index is 14.0. The maximum Gasteiger partial charge on any atom is 0.257 e. The number of aromatic nitrogens is 1. The average molecular weight is 277 g/mol. The second-order valence-electron chi connectivity index (χ2n) is 5.81. The molecule has 0 aromatic carbocycles. The van der Waals surface area contributed by atoms with E-state index in [0.29, 0.717) is 5.92 Å². The highest BCUT2D eigenvalue weighted by Gasteiger charge is 2.36. The van der Waals surface area contributed by atoms with Gasteiger partial charge < -0.3 is 10.6 Å². The number of nitrogens with zero attached hydrogens (tertiary/aromatic N) is 2. The van der Waals surface area contributed by atoms with Crippen LogP contribution >= 0.6 is 0 Å². The van der Waals surface area contributed by atoms with Crippen LogP contribution in [0.15, 0.2) is 12.3 Å². The van der Waals surface area contributed by atoms with Crippen LogP contribution in [0.2, 0.25) is 0 Å². The zero-order valence-electron chi connectivity index (χ0n) is 11.5. The molecule has 2 heterocycles. The van der Waals surface area contributed by atoms with E-state index in [-0.39, 0.29) is 23.3 Å². The third kappa shape index (κ3) is 2.25. The van der Waals surface area contributed by atoms with Crippen molar-refractivity contribution in [2.24, 2.45) is 5.92 Å². The zero-order chi connectivity index (χ0) is 14.1. The van der Waals surface area contributed by atoms with Gasteiger partial charge in [-0.25, -0.2) is 9.37 Å². The number of rotatable bonds is 1. The molecule has 1 aliphatic heterocycles. The van der Waals surface area contributed by atoms with E-state index in [4.69, 9.17) is 5.73 Å². The number of fused-ring (bicyclic) bond motifs is 1. The minimum Gasteiger partial charge on any atom is -0.381 e. The number of anilines is 1. The van der Waals surface area contributed by atoms with Crippen molar-refractivity contribution in [2.75, 3.05) is 12.3 Å². The summed E-state index contributed by atoms with van der Waals surface area (Å²) in [5, 5.41) is 0. The molecule has 1 saturated heterocycles. The minimum atomic E-state index is -0.685. The maximum atomic E-state index is 14.0. The first-order valence-electron chi connectivity index (χ1n) is 7.39. The van der Waals surface area contributed by atoms with Crippen molar-refractivity contribution in [3.8, 4) is 0 Å². The van der Waals surface area contributed by atoms with Crippen LogP contribution in [-0.2, 0) is 0 Å². The van der Waals surface area contributed by atoms with Gasteiger partial charge in [0.05, 0.1) is 5.56 Å². The van der Waals surface area contributed by atoms with Crippen molar-refractivity contribution in [1.82, 2.24) is 9.88 Å². The fourth-order valence-electron chi connectivity index (χ4n) is 3.66. The molecule has 1 saturated carbocycles. The fraction of sp³-hybridized carbons (Fsp3) is 0.600. The molecule has 0 bridgehead atoms. The van der Waals surface area contributed by atoms with Gasteiger partial charge in [-0.05, 0) is 37.7 Å². The molecule has 1 amide bonds. The number of amides is 1. The predicted molar refractivity (Wildman–Crippen MR) is 74.6 cm³/mol. The van der Waals surface area contributed by atoms with Gasteiger partial charge in [0.2, 0.25) is 0 Å². The summed E-state index contributed by atoms with van der Waals surface area (Å²) in [6, 6.07) is 1.71. The molecule has 1 aromatic heterocycles. The molecular weight excluding hydrogens is 257 g/mol. The number of carbonyl (C=O) groups excluding carboxylic acids is 1. The van der Waals surface area contributed by atoms with Crippen LogP contribution in [0.4, 0.5) is 10.2 Å². The molecule has 2 fully saturated rings. The largest absolute Gasteiger partial charge is 0.381 e. The van der Waals surface area contributed by atoms with E-state index in [1.165, 1.54) is 31.5 Å². The molecule has 0 radical (unpaired) electrons. The lowest BCUT2D eigenvalue weighted by molar-refractivity contribution is 0.0386. The quantitative estimate of drug-likeness (QED) is 0.858. The second kappa shape index (κ2) is 5.38. The lowest BCUT2D eigenvalue weighted by Crippen LogP contribution is -2.49. The highest BCUT2D eigenvalue weighted by atomic mass is 19.1.